The third-order valence-electron chi connectivity index (χ3n) is 7.48. The molecule has 29 heavy (non-hydrogen) atoms. The lowest BCUT2D eigenvalue weighted by atomic mass is 9.62. The molecule has 0 aromatic heterocycles. The maximum Gasteiger partial charge on any atom is 0.0543 e. The van der Waals surface area contributed by atoms with E-state index in [4.69, 9.17) is 5.73 Å². The van der Waals surface area contributed by atoms with Gasteiger partial charge in [0.25, 0.3) is 0 Å². The first-order valence-corrected chi connectivity index (χ1v) is 12.0. The van der Waals surface area contributed by atoms with Crippen molar-refractivity contribution in [2.45, 2.75) is 104 Å². The molecule has 1 fully saturated rings. The van der Waals surface area contributed by atoms with Crippen molar-refractivity contribution in [3.05, 3.63) is 37.5 Å². The third kappa shape index (κ3) is 9.22. The van der Waals surface area contributed by atoms with Crippen molar-refractivity contribution >= 4 is 0 Å². The zero-order chi connectivity index (χ0) is 21.9. The molecule has 2 heteroatoms. The van der Waals surface area contributed by atoms with Crippen LogP contribution in [0.4, 0.5) is 0 Å². The van der Waals surface area contributed by atoms with E-state index in [1.54, 1.807) is 0 Å². The van der Waals surface area contributed by atoms with Crippen LogP contribution < -0.4 is 5.73 Å². The summed E-state index contributed by atoms with van der Waals surface area (Å²) in [5.41, 5.74) is 6.89. The lowest BCUT2D eigenvalue weighted by molar-refractivity contribution is 0.0563. The largest absolute Gasteiger partial charge is 0.393 e. The van der Waals surface area contributed by atoms with Gasteiger partial charge in [0.1, 0.15) is 0 Å². The number of hydrogen-bond donors (Lipinski definition) is 2. The van der Waals surface area contributed by atoms with Gasteiger partial charge in [0, 0.05) is 6.04 Å². The summed E-state index contributed by atoms with van der Waals surface area (Å²) in [6.07, 6.45) is 19.0. The summed E-state index contributed by atoms with van der Waals surface area (Å²) in [5, 5.41) is 10.5. The predicted octanol–water partition coefficient (Wildman–Crippen LogP) is 7.05. The third-order valence-corrected chi connectivity index (χ3v) is 7.48. The van der Waals surface area contributed by atoms with E-state index in [-0.39, 0.29) is 12.1 Å². The second kappa shape index (κ2) is 13.4. The molecule has 1 rings (SSSR count). The van der Waals surface area contributed by atoms with Gasteiger partial charge in [-0.25, -0.2) is 0 Å². The Kier molecular flexibility index (Phi) is 12.1. The Morgan fingerprint density at radius 2 is 1.79 bits per heavy atom. The highest BCUT2D eigenvalue weighted by atomic mass is 16.3. The molecule has 0 aromatic rings. The van der Waals surface area contributed by atoms with E-state index in [1.807, 2.05) is 12.2 Å². The summed E-state index contributed by atoms with van der Waals surface area (Å²) in [6, 6.07) is 0.152. The highest BCUT2D eigenvalue weighted by Gasteiger charge is 2.36. The molecular formula is C27H49NO. The Labute approximate surface area is 181 Å². The average Bonchev–Trinajstić information content (AvgIpc) is 2.64. The molecule has 0 spiro atoms. The molecule has 0 radical (unpaired) electrons. The quantitative estimate of drug-likeness (QED) is 0.305. The molecule has 2 nitrogen and oxygen atoms in total. The first-order valence-electron chi connectivity index (χ1n) is 12.0. The van der Waals surface area contributed by atoms with Gasteiger partial charge in [-0.15, -0.1) is 13.2 Å². The van der Waals surface area contributed by atoms with Crippen molar-refractivity contribution in [2.75, 3.05) is 0 Å². The zero-order valence-electron chi connectivity index (χ0n) is 19.8. The fourth-order valence-electron chi connectivity index (χ4n) is 5.52. The van der Waals surface area contributed by atoms with Gasteiger partial charge in [-0.3, -0.25) is 0 Å². The molecule has 1 aliphatic carbocycles. The summed E-state index contributed by atoms with van der Waals surface area (Å²) >= 11 is 0. The molecule has 1 saturated carbocycles. The summed E-state index contributed by atoms with van der Waals surface area (Å²) in [7, 11) is 0. The minimum atomic E-state index is -0.181. The molecule has 0 aliphatic heterocycles. The van der Waals surface area contributed by atoms with Gasteiger partial charge in [-0.1, -0.05) is 64.8 Å². The standard InChI is InChI=1S/C27H49NO/c1-7-13-21(3)24(14-8-2)26(28)17-11-9-10-16-23(29)18-19-25-22(4)15-12-20-27(25,5)6/h7-9,11,21-26,29H,1-2,10,12-20,28H2,3-6H3/b11-9+/t21?,22-,23?,24?,25?,26?/m0/s1. The summed E-state index contributed by atoms with van der Waals surface area (Å²) < 4.78 is 0. The SMILES string of the molecule is C=CCC(C)C(CC=C)C(N)C/C=C/CCC(O)CCC1[C@@H](C)CCCC1(C)C. The second-order valence-electron chi connectivity index (χ2n) is 10.3. The second-order valence-corrected chi connectivity index (χ2v) is 10.3. The molecular weight excluding hydrogens is 354 g/mol. The van der Waals surface area contributed by atoms with E-state index in [0.717, 1.165) is 56.8 Å². The first kappa shape index (κ1) is 26.2. The molecule has 0 aromatic carbocycles. The monoisotopic (exact) mass is 403 g/mol. The van der Waals surface area contributed by atoms with E-state index in [0.29, 0.717) is 17.3 Å². The van der Waals surface area contributed by atoms with Crippen LogP contribution in [0.15, 0.2) is 37.5 Å². The fourth-order valence-corrected chi connectivity index (χ4v) is 5.52. The Morgan fingerprint density at radius 1 is 1.10 bits per heavy atom. The Morgan fingerprint density at radius 3 is 2.41 bits per heavy atom. The molecule has 6 atom stereocenters. The predicted molar refractivity (Wildman–Crippen MR) is 129 cm³/mol. The van der Waals surface area contributed by atoms with Crippen LogP contribution in [0.3, 0.4) is 0 Å². The molecule has 0 saturated heterocycles. The van der Waals surface area contributed by atoms with Crippen LogP contribution in [0.25, 0.3) is 0 Å². The average molecular weight is 404 g/mol. The number of nitrogens with two attached hydrogens (primary N) is 1. The van der Waals surface area contributed by atoms with Gasteiger partial charge in [-0.05, 0) is 80.5 Å². The van der Waals surface area contributed by atoms with Crippen molar-refractivity contribution < 1.29 is 5.11 Å². The van der Waals surface area contributed by atoms with Crippen molar-refractivity contribution in [1.29, 1.82) is 0 Å². The Bertz CT molecular complexity index is 495. The van der Waals surface area contributed by atoms with Crippen molar-refractivity contribution in [3.8, 4) is 0 Å². The normalized spacial score (nSPS) is 26.0. The molecule has 1 aliphatic rings. The van der Waals surface area contributed by atoms with Crippen molar-refractivity contribution in [1.82, 2.24) is 0 Å². The van der Waals surface area contributed by atoms with Crippen molar-refractivity contribution in [3.63, 3.8) is 0 Å². The molecule has 168 valence electrons. The number of aliphatic hydroxyl groups excluding tert-OH is 1. The molecule has 0 bridgehead atoms. The molecule has 0 amide bonds. The van der Waals surface area contributed by atoms with Crippen molar-refractivity contribution in [2.24, 2.45) is 34.8 Å². The molecule has 5 unspecified atom stereocenters. The van der Waals surface area contributed by atoms with E-state index in [9.17, 15) is 5.11 Å². The van der Waals surface area contributed by atoms with Crippen LogP contribution in [-0.2, 0) is 0 Å². The smallest absolute Gasteiger partial charge is 0.0543 e. The number of allylic oxidation sites excluding steroid dienone is 3. The van der Waals surface area contributed by atoms with E-state index >= 15 is 0 Å². The van der Waals surface area contributed by atoms with Crippen LogP contribution in [0.2, 0.25) is 0 Å². The van der Waals surface area contributed by atoms with E-state index in [2.05, 4.69) is 53.0 Å². The van der Waals surface area contributed by atoms with E-state index < -0.39 is 0 Å². The number of hydrogen-bond acceptors (Lipinski definition) is 2. The van der Waals surface area contributed by atoms with Gasteiger partial charge in [0.15, 0.2) is 0 Å². The molecule has 0 heterocycles. The Balaban J connectivity index is 2.33. The highest BCUT2D eigenvalue weighted by Crippen LogP contribution is 2.46. The Hall–Kier alpha value is -0.860. The number of aliphatic hydroxyl groups is 1. The first-order chi connectivity index (χ1) is 13.7. The maximum atomic E-state index is 10.5. The summed E-state index contributed by atoms with van der Waals surface area (Å²) in [5.74, 6) is 2.52. The number of rotatable bonds is 14. The van der Waals surface area contributed by atoms with Crippen LogP contribution in [0.5, 0.6) is 0 Å². The van der Waals surface area contributed by atoms with Gasteiger partial charge in [-0.2, -0.15) is 0 Å². The topological polar surface area (TPSA) is 46.2 Å². The molecule has 3 N–H and O–H groups in total. The van der Waals surface area contributed by atoms with E-state index in [1.165, 1.54) is 19.3 Å². The lowest BCUT2D eigenvalue weighted by Gasteiger charge is -2.43. The van der Waals surface area contributed by atoms with Crippen LogP contribution >= 0.6 is 0 Å². The minimum Gasteiger partial charge on any atom is -0.393 e. The zero-order valence-corrected chi connectivity index (χ0v) is 19.8. The summed E-state index contributed by atoms with van der Waals surface area (Å²) in [6.45, 7) is 17.2. The minimum absolute atomic E-state index is 0.152. The van der Waals surface area contributed by atoms with Gasteiger partial charge in [0.2, 0.25) is 0 Å². The van der Waals surface area contributed by atoms with Crippen LogP contribution in [0, 0.1) is 29.1 Å². The van der Waals surface area contributed by atoms with Gasteiger partial charge < -0.3 is 10.8 Å². The summed E-state index contributed by atoms with van der Waals surface area (Å²) in [4.78, 5) is 0. The lowest BCUT2D eigenvalue weighted by Crippen LogP contribution is -2.34. The van der Waals surface area contributed by atoms with Gasteiger partial charge >= 0.3 is 0 Å². The van der Waals surface area contributed by atoms with Gasteiger partial charge in [0.05, 0.1) is 6.10 Å². The van der Waals surface area contributed by atoms with Crippen LogP contribution in [-0.4, -0.2) is 17.3 Å². The maximum absolute atomic E-state index is 10.5. The highest BCUT2D eigenvalue weighted by molar-refractivity contribution is 4.93. The fraction of sp³-hybridized carbons (Fsp3) is 0.778. The van der Waals surface area contributed by atoms with Crippen LogP contribution in [0.1, 0.15) is 91.9 Å².